The number of hydrogen-bond acceptors (Lipinski definition) is 6. The van der Waals surface area contributed by atoms with E-state index in [0.717, 1.165) is 9.65 Å². The Hall–Kier alpha value is -2.55. The molecule has 0 aliphatic heterocycles. The average Bonchev–Trinajstić information content (AvgIpc) is 3.37. The zero-order valence-corrected chi connectivity index (χ0v) is 16.8. The van der Waals surface area contributed by atoms with Crippen LogP contribution in [0.2, 0.25) is 5.02 Å². The van der Waals surface area contributed by atoms with E-state index in [9.17, 15) is 8.42 Å². The molecule has 4 aromatic rings. The minimum absolute atomic E-state index is 0.0781. The van der Waals surface area contributed by atoms with Crippen molar-refractivity contribution in [1.82, 2.24) is 14.2 Å². The van der Waals surface area contributed by atoms with Gasteiger partial charge >= 0.3 is 0 Å². The number of aromatic nitrogens is 3. The van der Waals surface area contributed by atoms with Crippen LogP contribution in [0.4, 0.5) is 0 Å². The summed E-state index contributed by atoms with van der Waals surface area (Å²) < 4.78 is 32.5. The fourth-order valence-corrected chi connectivity index (χ4v) is 4.95. The van der Waals surface area contributed by atoms with Gasteiger partial charge in [-0.1, -0.05) is 53.7 Å². The van der Waals surface area contributed by atoms with E-state index in [1.807, 2.05) is 30.3 Å². The number of nitrogens with zero attached hydrogens (tertiary/aromatic N) is 3. The van der Waals surface area contributed by atoms with Gasteiger partial charge in [-0.25, -0.2) is 0 Å². The summed E-state index contributed by atoms with van der Waals surface area (Å²) in [5.41, 5.74) is 1.05. The Labute approximate surface area is 171 Å². The summed E-state index contributed by atoms with van der Waals surface area (Å²) in [4.78, 5) is 4.47. The van der Waals surface area contributed by atoms with E-state index in [1.165, 1.54) is 42.3 Å². The van der Waals surface area contributed by atoms with Crippen LogP contribution in [0.15, 0.2) is 87.5 Å². The number of halogens is 1. The fraction of sp³-hybridized carbons (Fsp3) is 0.0526. The quantitative estimate of drug-likeness (QED) is 0.411. The molecule has 142 valence electrons. The van der Waals surface area contributed by atoms with Crippen molar-refractivity contribution < 1.29 is 12.8 Å². The standard InChI is InChI=1S/C19H14ClN3O3S2/c20-15-8-10-16(11-9-15)28(24,25)23-19(27-13-14-5-2-1-3-6-14)21-18(22-23)17-7-4-12-26-17/h1-12H,13H2. The van der Waals surface area contributed by atoms with Crippen LogP contribution in [0, 0.1) is 0 Å². The molecule has 2 heterocycles. The van der Waals surface area contributed by atoms with Gasteiger partial charge in [-0.05, 0) is 42.0 Å². The van der Waals surface area contributed by atoms with Crippen molar-refractivity contribution in [2.75, 3.05) is 0 Å². The predicted molar refractivity (Wildman–Crippen MR) is 108 cm³/mol. The molecule has 0 atom stereocenters. The molecule has 0 aliphatic rings. The van der Waals surface area contributed by atoms with Crippen LogP contribution >= 0.6 is 23.4 Å². The van der Waals surface area contributed by atoms with E-state index >= 15 is 0 Å². The Kier molecular flexibility index (Phi) is 5.25. The molecule has 0 radical (unpaired) electrons. The highest BCUT2D eigenvalue weighted by Gasteiger charge is 2.25. The molecule has 0 unspecified atom stereocenters. The van der Waals surface area contributed by atoms with Crippen LogP contribution in [-0.2, 0) is 15.8 Å². The SMILES string of the molecule is O=S(=O)(c1ccc(Cl)cc1)n1nc(-c2ccco2)nc1SCc1ccccc1. The molecule has 0 saturated carbocycles. The van der Waals surface area contributed by atoms with Crippen molar-refractivity contribution >= 4 is 33.4 Å². The number of furan rings is 1. The summed E-state index contributed by atoms with van der Waals surface area (Å²) >= 11 is 7.17. The first-order valence-corrected chi connectivity index (χ1v) is 11.0. The molecule has 28 heavy (non-hydrogen) atoms. The van der Waals surface area contributed by atoms with E-state index < -0.39 is 10.0 Å². The number of hydrogen-bond donors (Lipinski definition) is 0. The molecule has 4 rings (SSSR count). The van der Waals surface area contributed by atoms with E-state index in [0.29, 0.717) is 16.5 Å². The van der Waals surface area contributed by atoms with Gasteiger partial charge in [0.1, 0.15) is 0 Å². The Morgan fingerprint density at radius 2 is 1.75 bits per heavy atom. The molecular formula is C19H14ClN3O3S2. The third-order valence-corrected chi connectivity index (χ3v) is 6.79. The Bertz CT molecular complexity index is 1170. The van der Waals surface area contributed by atoms with Gasteiger partial charge in [0.15, 0.2) is 5.76 Å². The molecule has 0 amide bonds. The zero-order chi connectivity index (χ0) is 19.6. The third kappa shape index (κ3) is 3.84. The maximum Gasteiger partial charge on any atom is 0.285 e. The number of thioether (sulfide) groups is 1. The van der Waals surface area contributed by atoms with Crippen LogP contribution in [0.3, 0.4) is 0 Å². The highest BCUT2D eigenvalue weighted by molar-refractivity contribution is 7.99. The summed E-state index contributed by atoms with van der Waals surface area (Å²) in [5.74, 6) is 1.15. The molecule has 0 bridgehead atoms. The Balaban J connectivity index is 1.74. The fourth-order valence-electron chi connectivity index (χ4n) is 2.47. The monoisotopic (exact) mass is 431 g/mol. The van der Waals surface area contributed by atoms with Crippen LogP contribution in [0.25, 0.3) is 11.6 Å². The lowest BCUT2D eigenvalue weighted by atomic mass is 10.2. The smallest absolute Gasteiger partial charge is 0.285 e. The Morgan fingerprint density at radius 3 is 2.43 bits per heavy atom. The summed E-state index contributed by atoms with van der Waals surface area (Å²) in [6.45, 7) is 0. The number of rotatable bonds is 6. The second-order valence-corrected chi connectivity index (χ2v) is 8.92. The van der Waals surface area contributed by atoms with Crippen LogP contribution < -0.4 is 0 Å². The largest absolute Gasteiger partial charge is 0.461 e. The van der Waals surface area contributed by atoms with Gasteiger partial charge < -0.3 is 4.42 Å². The zero-order valence-electron chi connectivity index (χ0n) is 14.4. The van der Waals surface area contributed by atoms with E-state index in [4.69, 9.17) is 16.0 Å². The van der Waals surface area contributed by atoms with Crippen molar-refractivity contribution in [3.63, 3.8) is 0 Å². The van der Waals surface area contributed by atoms with Gasteiger partial charge in [0.25, 0.3) is 10.0 Å². The van der Waals surface area contributed by atoms with Crippen LogP contribution in [0.5, 0.6) is 0 Å². The predicted octanol–water partition coefficient (Wildman–Crippen LogP) is 4.72. The normalized spacial score (nSPS) is 11.6. The topological polar surface area (TPSA) is 78.0 Å². The first-order chi connectivity index (χ1) is 13.5. The molecule has 0 N–H and O–H groups in total. The van der Waals surface area contributed by atoms with Gasteiger partial charge in [-0.3, -0.25) is 0 Å². The molecule has 2 aromatic carbocycles. The first kappa shape index (κ1) is 18.8. The highest BCUT2D eigenvalue weighted by Crippen LogP contribution is 2.28. The summed E-state index contributed by atoms with van der Waals surface area (Å²) in [7, 11) is -3.94. The molecule has 9 heteroatoms. The summed E-state index contributed by atoms with van der Waals surface area (Å²) in [6, 6.07) is 19.0. The molecule has 2 aromatic heterocycles. The molecule has 0 aliphatic carbocycles. The lowest BCUT2D eigenvalue weighted by Crippen LogP contribution is -2.15. The second-order valence-electron chi connectivity index (χ2n) is 5.77. The molecular weight excluding hydrogens is 418 g/mol. The van der Waals surface area contributed by atoms with Gasteiger partial charge in [-0.15, -0.1) is 9.19 Å². The van der Waals surface area contributed by atoms with Crippen LogP contribution in [0.1, 0.15) is 5.56 Å². The van der Waals surface area contributed by atoms with Crippen LogP contribution in [-0.4, -0.2) is 22.6 Å². The highest BCUT2D eigenvalue weighted by atomic mass is 35.5. The first-order valence-electron chi connectivity index (χ1n) is 8.23. The van der Waals surface area contributed by atoms with Crippen molar-refractivity contribution in [3.05, 3.63) is 83.6 Å². The van der Waals surface area contributed by atoms with Crippen molar-refractivity contribution in [2.24, 2.45) is 0 Å². The molecule has 0 saturated heterocycles. The Morgan fingerprint density at radius 1 is 1.00 bits per heavy atom. The van der Waals surface area contributed by atoms with Crippen molar-refractivity contribution in [2.45, 2.75) is 15.8 Å². The molecule has 6 nitrogen and oxygen atoms in total. The maximum atomic E-state index is 13.1. The summed E-state index contributed by atoms with van der Waals surface area (Å²) in [5, 5.41) is 4.91. The van der Waals surface area contributed by atoms with Crippen molar-refractivity contribution in [1.29, 1.82) is 0 Å². The van der Waals surface area contributed by atoms with Gasteiger partial charge in [0.2, 0.25) is 11.0 Å². The number of benzene rings is 2. The second kappa shape index (κ2) is 7.83. The minimum Gasteiger partial charge on any atom is -0.461 e. The van der Waals surface area contributed by atoms with Crippen molar-refractivity contribution in [3.8, 4) is 11.6 Å². The average molecular weight is 432 g/mol. The summed E-state index contributed by atoms with van der Waals surface area (Å²) in [6.07, 6.45) is 1.49. The van der Waals surface area contributed by atoms with E-state index in [2.05, 4.69) is 10.1 Å². The van der Waals surface area contributed by atoms with Gasteiger partial charge in [0, 0.05) is 10.8 Å². The lowest BCUT2D eigenvalue weighted by Gasteiger charge is -2.07. The van der Waals surface area contributed by atoms with E-state index in [-0.39, 0.29) is 15.9 Å². The van der Waals surface area contributed by atoms with E-state index in [1.54, 1.807) is 12.1 Å². The maximum absolute atomic E-state index is 13.1. The molecule has 0 fully saturated rings. The third-order valence-electron chi connectivity index (χ3n) is 3.84. The minimum atomic E-state index is -3.94. The molecule has 0 spiro atoms. The van der Waals surface area contributed by atoms with Gasteiger partial charge in [0.05, 0.1) is 11.2 Å². The van der Waals surface area contributed by atoms with Gasteiger partial charge in [-0.2, -0.15) is 13.4 Å². The lowest BCUT2D eigenvalue weighted by molar-refractivity contribution is 0.570.